The van der Waals surface area contributed by atoms with Crippen molar-refractivity contribution in [3.05, 3.63) is 60.2 Å². The van der Waals surface area contributed by atoms with E-state index in [4.69, 9.17) is 0 Å². The summed E-state index contributed by atoms with van der Waals surface area (Å²) in [6.07, 6.45) is 10.8. The lowest BCUT2D eigenvalue weighted by Crippen LogP contribution is -2.39. The lowest BCUT2D eigenvalue weighted by atomic mass is 9.90. The van der Waals surface area contributed by atoms with E-state index >= 15 is 0 Å². The number of nitrogens with zero attached hydrogens (tertiary/aromatic N) is 6. The van der Waals surface area contributed by atoms with Crippen LogP contribution in [0.4, 0.5) is 0 Å². The average Bonchev–Trinajstić information content (AvgIpc) is 3.14. The van der Waals surface area contributed by atoms with Crippen LogP contribution in [-0.4, -0.2) is 48.6 Å². The van der Waals surface area contributed by atoms with Crippen molar-refractivity contribution in [1.29, 1.82) is 0 Å². The van der Waals surface area contributed by atoms with E-state index in [2.05, 4.69) is 20.1 Å². The topological polar surface area (TPSA) is 76.8 Å². The number of piperidine rings is 1. The zero-order chi connectivity index (χ0) is 19.5. The Morgan fingerprint density at radius 3 is 2.82 bits per heavy atom. The van der Waals surface area contributed by atoms with Crippen LogP contribution in [-0.2, 0) is 6.54 Å². The molecule has 4 heterocycles. The Morgan fingerprint density at radius 2 is 2.07 bits per heavy atom. The van der Waals surface area contributed by atoms with Gasteiger partial charge in [0.15, 0.2) is 0 Å². The fraction of sp³-hybridized carbons (Fsp3) is 0.381. The summed E-state index contributed by atoms with van der Waals surface area (Å²) in [6, 6.07) is 3.94. The van der Waals surface area contributed by atoms with Gasteiger partial charge in [-0.2, -0.15) is 5.10 Å². The van der Waals surface area contributed by atoms with Gasteiger partial charge >= 0.3 is 0 Å². The number of hydrogen-bond donors (Lipinski definition) is 0. The van der Waals surface area contributed by atoms with Gasteiger partial charge in [0.1, 0.15) is 6.33 Å². The Bertz CT molecular complexity index is 968. The number of rotatable bonds is 4. The molecule has 1 amide bonds. The first-order valence-electron chi connectivity index (χ1n) is 9.71. The summed E-state index contributed by atoms with van der Waals surface area (Å²) in [7, 11) is 0. The minimum Gasteiger partial charge on any atom is -0.338 e. The molecule has 1 atom stereocenters. The molecule has 7 nitrogen and oxygen atoms in total. The van der Waals surface area contributed by atoms with Gasteiger partial charge in [0.05, 0.1) is 17.0 Å². The van der Waals surface area contributed by atoms with Crippen molar-refractivity contribution < 1.29 is 4.79 Å². The van der Waals surface area contributed by atoms with Crippen LogP contribution in [0.2, 0.25) is 0 Å². The number of carbonyl (C=O) groups is 1. The van der Waals surface area contributed by atoms with Gasteiger partial charge in [0, 0.05) is 55.9 Å². The van der Waals surface area contributed by atoms with E-state index < -0.39 is 0 Å². The van der Waals surface area contributed by atoms with Crippen LogP contribution in [0.1, 0.15) is 47.4 Å². The van der Waals surface area contributed by atoms with Crippen molar-refractivity contribution in [3.8, 4) is 11.1 Å². The molecule has 0 aromatic carbocycles. The van der Waals surface area contributed by atoms with Crippen molar-refractivity contribution >= 4 is 5.91 Å². The molecule has 0 saturated carbocycles. The maximum atomic E-state index is 13.1. The third-order valence-corrected chi connectivity index (χ3v) is 5.33. The fourth-order valence-electron chi connectivity index (χ4n) is 3.86. The highest BCUT2D eigenvalue weighted by Gasteiger charge is 2.29. The number of likely N-dealkylation sites (tertiary alicyclic amines) is 1. The summed E-state index contributed by atoms with van der Waals surface area (Å²) in [5.74, 6) is 0.242. The number of aryl methyl sites for hydroxylation is 2. The molecule has 1 aliphatic heterocycles. The molecule has 0 aliphatic carbocycles. The van der Waals surface area contributed by atoms with Gasteiger partial charge < -0.3 is 4.90 Å². The van der Waals surface area contributed by atoms with Crippen LogP contribution in [0.5, 0.6) is 0 Å². The van der Waals surface area contributed by atoms with Crippen LogP contribution in [0.25, 0.3) is 11.1 Å². The molecule has 1 unspecified atom stereocenters. The second-order valence-electron chi connectivity index (χ2n) is 7.13. The Labute approximate surface area is 164 Å². The first-order chi connectivity index (χ1) is 13.7. The second-order valence-corrected chi connectivity index (χ2v) is 7.13. The molecule has 1 saturated heterocycles. The average molecular weight is 376 g/mol. The molecular formula is C21H24N6O. The molecule has 0 spiro atoms. The molecule has 144 valence electrons. The van der Waals surface area contributed by atoms with Gasteiger partial charge in [-0.3, -0.25) is 14.5 Å². The number of carbonyl (C=O) groups excluding carboxylic acids is 1. The van der Waals surface area contributed by atoms with Gasteiger partial charge in [-0.25, -0.2) is 9.97 Å². The minimum absolute atomic E-state index is 0.0569. The molecule has 0 N–H and O–H groups in total. The van der Waals surface area contributed by atoms with Crippen LogP contribution in [0.3, 0.4) is 0 Å². The van der Waals surface area contributed by atoms with E-state index in [1.54, 1.807) is 18.7 Å². The molecule has 1 fully saturated rings. The first-order valence-corrected chi connectivity index (χ1v) is 9.71. The van der Waals surface area contributed by atoms with Gasteiger partial charge in [-0.05, 0) is 44.4 Å². The molecular weight excluding hydrogens is 352 g/mol. The fourth-order valence-corrected chi connectivity index (χ4v) is 3.86. The Kier molecular flexibility index (Phi) is 5.14. The lowest BCUT2D eigenvalue weighted by Gasteiger charge is -2.33. The summed E-state index contributed by atoms with van der Waals surface area (Å²) in [4.78, 5) is 28.0. The zero-order valence-corrected chi connectivity index (χ0v) is 16.2. The largest absolute Gasteiger partial charge is 0.338 e. The Hall–Kier alpha value is -3.09. The Balaban J connectivity index is 1.60. The maximum absolute atomic E-state index is 13.1. The molecule has 3 aromatic rings. The van der Waals surface area contributed by atoms with E-state index in [-0.39, 0.29) is 11.8 Å². The smallest absolute Gasteiger partial charge is 0.257 e. The monoisotopic (exact) mass is 376 g/mol. The highest BCUT2D eigenvalue weighted by Crippen LogP contribution is 2.32. The van der Waals surface area contributed by atoms with Gasteiger partial charge in [0.2, 0.25) is 0 Å². The van der Waals surface area contributed by atoms with Crippen molar-refractivity contribution in [2.45, 2.75) is 39.2 Å². The predicted molar refractivity (Wildman–Crippen MR) is 106 cm³/mol. The molecule has 1 aliphatic rings. The second kappa shape index (κ2) is 7.88. The van der Waals surface area contributed by atoms with Crippen molar-refractivity contribution in [2.75, 3.05) is 13.1 Å². The normalized spacial score (nSPS) is 16.9. The van der Waals surface area contributed by atoms with Crippen LogP contribution in [0.15, 0.2) is 43.2 Å². The number of aromatic nitrogens is 5. The molecule has 3 aromatic heterocycles. The number of hydrogen-bond acceptors (Lipinski definition) is 5. The minimum atomic E-state index is 0.0569. The van der Waals surface area contributed by atoms with E-state index in [0.717, 1.165) is 48.4 Å². The third-order valence-electron chi connectivity index (χ3n) is 5.33. The van der Waals surface area contributed by atoms with Gasteiger partial charge in [-0.1, -0.05) is 0 Å². The molecule has 7 heteroatoms. The first kappa shape index (κ1) is 18.3. The van der Waals surface area contributed by atoms with E-state index in [1.807, 2.05) is 48.0 Å². The molecule has 0 radical (unpaired) electrons. The summed E-state index contributed by atoms with van der Waals surface area (Å²) >= 11 is 0. The quantitative estimate of drug-likeness (QED) is 0.699. The van der Waals surface area contributed by atoms with Crippen LogP contribution >= 0.6 is 0 Å². The SMILES string of the molecule is CCn1cc(C(=O)N2CCCC(c3ncncc3-c3ccncc3)C2)c(C)n1. The van der Waals surface area contributed by atoms with Crippen molar-refractivity contribution in [1.82, 2.24) is 29.6 Å². The van der Waals surface area contributed by atoms with Crippen LogP contribution < -0.4 is 0 Å². The van der Waals surface area contributed by atoms with E-state index in [9.17, 15) is 4.79 Å². The molecule has 28 heavy (non-hydrogen) atoms. The van der Waals surface area contributed by atoms with Crippen LogP contribution in [0, 0.1) is 6.92 Å². The lowest BCUT2D eigenvalue weighted by molar-refractivity contribution is 0.0705. The summed E-state index contributed by atoms with van der Waals surface area (Å²) in [5.41, 5.74) is 4.54. The zero-order valence-electron chi connectivity index (χ0n) is 16.2. The molecule has 0 bridgehead atoms. The predicted octanol–water partition coefficient (Wildman–Crippen LogP) is 3.08. The highest BCUT2D eigenvalue weighted by molar-refractivity contribution is 5.95. The number of pyridine rings is 1. The molecule has 4 rings (SSSR count). The maximum Gasteiger partial charge on any atom is 0.257 e. The van der Waals surface area contributed by atoms with Crippen molar-refractivity contribution in [2.24, 2.45) is 0 Å². The van der Waals surface area contributed by atoms with E-state index in [1.165, 1.54) is 0 Å². The third kappa shape index (κ3) is 3.52. The summed E-state index contributed by atoms with van der Waals surface area (Å²) in [6.45, 7) is 6.10. The van der Waals surface area contributed by atoms with Gasteiger partial charge in [0.25, 0.3) is 5.91 Å². The highest BCUT2D eigenvalue weighted by atomic mass is 16.2. The Morgan fingerprint density at radius 1 is 1.25 bits per heavy atom. The standard InChI is InChI=1S/C21H24N6O/c1-3-27-13-19(15(2)25-27)21(28)26-10-4-5-17(12-26)20-18(11-23-14-24-20)16-6-8-22-9-7-16/h6-9,11,13-14,17H,3-5,10,12H2,1-2H3. The van der Waals surface area contributed by atoms with Crippen molar-refractivity contribution in [3.63, 3.8) is 0 Å². The van der Waals surface area contributed by atoms with E-state index in [0.29, 0.717) is 12.1 Å². The summed E-state index contributed by atoms with van der Waals surface area (Å²) in [5, 5.41) is 4.42. The van der Waals surface area contributed by atoms with Gasteiger partial charge in [-0.15, -0.1) is 0 Å². The summed E-state index contributed by atoms with van der Waals surface area (Å²) < 4.78 is 1.82. The number of amides is 1.